The summed E-state index contributed by atoms with van der Waals surface area (Å²) in [7, 11) is 5.44. The van der Waals surface area contributed by atoms with E-state index in [1.165, 1.54) is 4.88 Å². The molecular formula is C37H55N3O6S. The highest BCUT2D eigenvalue weighted by atomic mass is 32.1. The van der Waals surface area contributed by atoms with Crippen molar-refractivity contribution in [1.82, 2.24) is 14.4 Å². The highest BCUT2D eigenvalue weighted by Crippen LogP contribution is 2.44. The van der Waals surface area contributed by atoms with E-state index in [-0.39, 0.29) is 35.3 Å². The van der Waals surface area contributed by atoms with Crippen LogP contribution in [0.15, 0.2) is 35.3 Å². The molecule has 0 spiro atoms. The van der Waals surface area contributed by atoms with Crippen LogP contribution in [0, 0.1) is 0 Å². The number of carbonyl (C=O) groups is 2. The lowest BCUT2D eigenvalue weighted by Crippen LogP contribution is -2.38. The standard InChI is InChI=1S/C32H43N3O5S.C5H12O/c1-6-17-33(4)18-19-34(21-36)22(3)9-8-10-24-13-16-28(41-24)25-14-15-26-29(31(25)39-5)35(23-11-12-23)20-27(30(26)37)32(38)40-7-2;1-5(2,3)6-4/h13-16,20-23H,6-12,17-19H2,1-5H3;1-4H3. The Bertz CT molecular complexity index is 1520. The number of esters is 1. The van der Waals surface area contributed by atoms with Gasteiger partial charge in [-0.05, 0) is 111 Å². The number of thiophene rings is 1. The Labute approximate surface area is 284 Å². The van der Waals surface area contributed by atoms with Crippen molar-refractivity contribution in [3.63, 3.8) is 0 Å². The van der Waals surface area contributed by atoms with Gasteiger partial charge in [0.2, 0.25) is 11.8 Å². The van der Waals surface area contributed by atoms with Gasteiger partial charge in [0.15, 0.2) is 5.75 Å². The van der Waals surface area contributed by atoms with Crippen molar-refractivity contribution in [3.05, 3.63) is 51.1 Å². The largest absolute Gasteiger partial charge is 0.494 e. The minimum absolute atomic E-state index is 0.0417. The number of pyridine rings is 1. The normalized spacial score (nSPS) is 13.7. The number of fused-ring (bicyclic) bond motifs is 1. The molecule has 1 fully saturated rings. The van der Waals surface area contributed by atoms with Crippen molar-refractivity contribution in [3.8, 4) is 16.2 Å². The molecule has 1 saturated carbocycles. The molecule has 0 N–H and O–H groups in total. The average molecular weight is 670 g/mol. The van der Waals surface area contributed by atoms with Crippen LogP contribution in [-0.2, 0) is 20.7 Å². The summed E-state index contributed by atoms with van der Waals surface area (Å²) in [5, 5.41) is 0.467. The first-order valence-corrected chi connectivity index (χ1v) is 17.7. The number of benzene rings is 1. The summed E-state index contributed by atoms with van der Waals surface area (Å²) in [5.41, 5.74) is 1.44. The maximum atomic E-state index is 13.3. The highest BCUT2D eigenvalue weighted by Gasteiger charge is 2.29. The van der Waals surface area contributed by atoms with Crippen LogP contribution in [0.4, 0.5) is 0 Å². The molecular weight excluding hydrogens is 614 g/mol. The Balaban J connectivity index is 0.000000913. The second-order valence-corrected chi connectivity index (χ2v) is 14.4. The molecule has 0 saturated heterocycles. The van der Waals surface area contributed by atoms with Gasteiger partial charge in [0, 0.05) is 53.8 Å². The van der Waals surface area contributed by atoms with Crippen LogP contribution in [0.5, 0.6) is 5.75 Å². The Hall–Kier alpha value is -3.21. The summed E-state index contributed by atoms with van der Waals surface area (Å²) in [5.74, 6) is 0.0627. The van der Waals surface area contributed by atoms with Gasteiger partial charge in [-0.2, -0.15) is 0 Å². The SMILES string of the molecule is CCCN(C)CCN(C=O)C(C)CCCc1ccc(-c2ccc3c(=O)c(C(=O)OCC)cn(C4CC4)c3c2OC)s1.COC(C)(C)C. The molecule has 0 radical (unpaired) electrons. The molecule has 1 amide bonds. The molecule has 0 bridgehead atoms. The Morgan fingerprint density at radius 2 is 1.81 bits per heavy atom. The number of aromatic nitrogens is 1. The summed E-state index contributed by atoms with van der Waals surface area (Å²) in [6, 6.07) is 8.42. The predicted molar refractivity (Wildman–Crippen MR) is 192 cm³/mol. The van der Waals surface area contributed by atoms with Gasteiger partial charge in [-0.25, -0.2) is 4.79 Å². The lowest BCUT2D eigenvalue weighted by atomic mass is 10.0. The summed E-state index contributed by atoms with van der Waals surface area (Å²) in [4.78, 5) is 44.1. The van der Waals surface area contributed by atoms with Gasteiger partial charge in [-0.15, -0.1) is 11.3 Å². The van der Waals surface area contributed by atoms with E-state index in [0.29, 0.717) is 11.1 Å². The maximum absolute atomic E-state index is 13.3. The van der Waals surface area contributed by atoms with Crippen molar-refractivity contribution >= 4 is 34.6 Å². The monoisotopic (exact) mass is 669 g/mol. The third-order valence-electron chi connectivity index (χ3n) is 8.42. The van der Waals surface area contributed by atoms with E-state index in [4.69, 9.17) is 14.2 Å². The Kier molecular flexibility index (Phi) is 14.5. The third-order valence-corrected chi connectivity index (χ3v) is 9.60. The quantitative estimate of drug-likeness (QED) is 0.118. The van der Waals surface area contributed by atoms with Gasteiger partial charge in [-0.3, -0.25) is 9.59 Å². The number of ether oxygens (including phenoxy) is 3. The van der Waals surface area contributed by atoms with Crippen LogP contribution in [0.2, 0.25) is 0 Å². The molecule has 1 aromatic carbocycles. The number of hydrogen-bond donors (Lipinski definition) is 0. The lowest BCUT2D eigenvalue weighted by Gasteiger charge is -2.27. The smallest absolute Gasteiger partial charge is 0.343 e. The Morgan fingerprint density at radius 3 is 2.38 bits per heavy atom. The summed E-state index contributed by atoms with van der Waals surface area (Å²) in [6.07, 6.45) is 8.59. The van der Waals surface area contributed by atoms with E-state index in [0.717, 1.165) is 80.5 Å². The van der Waals surface area contributed by atoms with Crippen molar-refractivity contribution in [2.45, 2.75) is 97.8 Å². The van der Waals surface area contributed by atoms with E-state index >= 15 is 0 Å². The molecule has 9 nitrogen and oxygen atoms in total. The number of carbonyl (C=O) groups excluding carboxylic acids is 2. The maximum Gasteiger partial charge on any atom is 0.343 e. The van der Waals surface area contributed by atoms with Gasteiger partial charge in [0.05, 0.1) is 30.2 Å². The number of aryl methyl sites for hydroxylation is 1. The van der Waals surface area contributed by atoms with Crippen LogP contribution in [-0.4, -0.2) is 85.9 Å². The van der Waals surface area contributed by atoms with Crippen molar-refractivity contribution in [2.24, 2.45) is 0 Å². The first-order valence-electron chi connectivity index (χ1n) is 16.9. The van der Waals surface area contributed by atoms with Crippen molar-refractivity contribution < 1.29 is 23.8 Å². The van der Waals surface area contributed by atoms with E-state index in [1.54, 1.807) is 38.7 Å². The minimum atomic E-state index is -0.589. The van der Waals surface area contributed by atoms with Crippen LogP contribution in [0.1, 0.15) is 94.9 Å². The van der Waals surface area contributed by atoms with Gasteiger partial charge >= 0.3 is 5.97 Å². The van der Waals surface area contributed by atoms with Crippen molar-refractivity contribution in [2.75, 3.05) is 47.5 Å². The Morgan fingerprint density at radius 1 is 1.11 bits per heavy atom. The van der Waals surface area contributed by atoms with Gasteiger partial charge in [0.1, 0.15) is 5.56 Å². The number of amides is 1. The van der Waals surface area contributed by atoms with Crippen LogP contribution in [0.25, 0.3) is 21.3 Å². The number of rotatable bonds is 16. The van der Waals surface area contributed by atoms with E-state index in [1.807, 2.05) is 42.4 Å². The fourth-order valence-electron chi connectivity index (χ4n) is 5.36. The third kappa shape index (κ3) is 10.6. The van der Waals surface area contributed by atoms with Crippen LogP contribution >= 0.6 is 11.3 Å². The van der Waals surface area contributed by atoms with Gasteiger partial charge in [-0.1, -0.05) is 6.92 Å². The lowest BCUT2D eigenvalue weighted by molar-refractivity contribution is -0.120. The number of hydrogen-bond acceptors (Lipinski definition) is 8. The molecule has 260 valence electrons. The molecule has 1 aliphatic carbocycles. The van der Waals surface area contributed by atoms with Crippen LogP contribution < -0.4 is 10.2 Å². The topological polar surface area (TPSA) is 90.3 Å². The second-order valence-electron chi connectivity index (χ2n) is 13.2. The van der Waals surface area contributed by atoms with Crippen molar-refractivity contribution in [1.29, 1.82) is 0 Å². The summed E-state index contributed by atoms with van der Waals surface area (Å²) in [6.45, 7) is 15.0. The average Bonchev–Trinajstić information content (AvgIpc) is 3.78. The molecule has 1 unspecified atom stereocenters. The predicted octanol–water partition coefficient (Wildman–Crippen LogP) is 7.19. The zero-order chi connectivity index (χ0) is 34.7. The number of nitrogens with zero attached hydrogens (tertiary/aromatic N) is 3. The second kappa shape index (κ2) is 17.8. The number of methoxy groups -OCH3 is 2. The van der Waals surface area contributed by atoms with Gasteiger partial charge in [0.25, 0.3) is 0 Å². The molecule has 3 aromatic rings. The molecule has 2 heterocycles. The minimum Gasteiger partial charge on any atom is -0.494 e. The van der Waals surface area contributed by atoms with Crippen LogP contribution in [0.3, 0.4) is 0 Å². The fraction of sp³-hybridized carbons (Fsp3) is 0.595. The first-order chi connectivity index (χ1) is 22.4. The van der Waals surface area contributed by atoms with E-state index in [2.05, 4.69) is 37.9 Å². The zero-order valence-corrected chi connectivity index (χ0v) is 30.7. The summed E-state index contributed by atoms with van der Waals surface area (Å²) >= 11 is 1.73. The van der Waals surface area contributed by atoms with E-state index in [9.17, 15) is 14.4 Å². The number of likely N-dealkylation sites (N-methyl/N-ethyl adjacent to an activating group) is 1. The first kappa shape index (κ1) is 38.2. The summed E-state index contributed by atoms with van der Waals surface area (Å²) < 4.78 is 18.1. The fourth-order valence-corrected chi connectivity index (χ4v) is 6.44. The molecule has 0 aliphatic heterocycles. The molecule has 10 heteroatoms. The zero-order valence-electron chi connectivity index (χ0n) is 29.9. The molecule has 4 rings (SSSR count). The van der Waals surface area contributed by atoms with Gasteiger partial charge < -0.3 is 28.6 Å². The highest BCUT2D eigenvalue weighted by molar-refractivity contribution is 7.15. The molecule has 2 aromatic heterocycles. The molecule has 1 aliphatic rings. The molecule has 47 heavy (non-hydrogen) atoms. The molecule has 1 atom stereocenters. The van der Waals surface area contributed by atoms with E-state index < -0.39 is 5.97 Å².